The topological polar surface area (TPSA) is 99.0 Å². The normalized spacial score (nSPS) is 12.2. The zero-order valence-electron chi connectivity index (χ0n) is 12.2. The van der Waals surface area contributed by atoms with Crippen LogP contribution in [0.25, 0.3) is 11.4 Å². The van der Waals surface area contributed by atoms with Crippen LogP contribution in [-0.4, -0.2) is 35.5 Å². The third-order valence-electron chi connectivity index (χ3n) is 3.38. The molecule has 1 aromatic carbocycles. The van der Waals surface area contributed by atoms with Crippen LogP contribution in [-0.2, 0) is 13.1 Å². The number of nitrogens with zero attached hydrogens (tertiary/aromatic N) is 5. The Balaban J connectivity index is 1.70. The van der Waals surface area contributed by atoms with Crippen molar-refractivity contribution in [3.8, 4) is 11.4 Å². The summed E-state index contributed by atoms with van der Waals surface area (Å²) in [6, 6.07) is 9.67. The van der Waals surface area contributed by atoms with E-state index in [1.165, 1.54) is 17.1 Å². The van der Waals surface area contributed by atoms with Crippen LogP contribution in [0.1, 0.15) is 0 Å². The number of hydrogen-bond donors (Lipinski definition) is 1. The molecule has 0 aliphatic heterocycles. The van der Waals surface area contributed by atoms with Gasteiger partial charge in [0.1, 0.15) is 18.2 Å². The van der Waals surface area contributed by atoms with Gasteiger partial charge < -0.3 is 9.67 Å². The van der Waals surface area contributed by atoms with Crippen molar-refractivity contribution >= 4 is 5.69 Å². The van der Waals surface area contributed by atoms with E-state index in [4.69, 9.17) is 0 Å². The summed E-state index contributed by atoms with van der Waals surface area (Å²) in [5.74, 6) is 0.760. The minimum absolute atomic E-state index is 0.0928. The summed E-state index contributed by atoms with van der Waals surface area (Å²) in [6.45, 7) is 0.484. The van der Waals surface area contributed by atoms with Crippen molar-refractivity contribution in [3.05, 3.63) is 65.2 Å². The predicted octanol–water partition coefficient (Wildman–Crippen LogP) is 1.72. The quantitative estimate of drug-likeness (QED) is 0.552. The van der Waals surface area contributed by atoms with E-state index in [2.05, 4.69) is 10.1 Å². The molecule has 0 saturated carbocycles. The zero-order chi connectivity index (χ0) is 16.2. The molecule has 8 nitrogen and oxygen atoms in total. The largest absolute Gasteiger partial charge is 0.389 e. The van der Waals surface area contributed by atoms with Gasteiger partial charge in [-0.25, -0.2) is 4.98 Å². The first-order valence-electron chi connectivity index (χ1n) is 7.05. The highest BCUT2D eigenvalue weighted by molar-refractivity contribution is 5.55. The van der Waals surface area contributed by atoms with Crippen LogP contribution in [0.4, 0.5) is 5.69 Å². The number of nitro groups is 1. The van der Waals surface area contributed by atoms with E-state index in [9.17, 15) is 15.2 Å². The van der Waals surface area contributed by atoms with Crippen molar-refractivity contribution in [1.82, 2.24) is 19.3 Å². The zero-order valence-corrected chi connectivity index (χ0v) is 12.2. The van der Waals surface area contributed by atoms with Gasteiger partial charge in [-0.3, -0.25) is 14.8 Å². The average molecular weight is 313 g/mol. The number of imidazole rings is 1. The maximum atomic E-state index is 10.6. The lowest BCUT2D eigenvalue weighted by atomic mass is 10.2. The summed E-state index contributed by atoms with van der Waals surface area (Å²) >= 11 is 0. The van der Waals surface area contributed by atoms with Gasteiger partial charge >= 0.3 is 5.69 Å². The summed E-state index contributed by atoms with van der Waals surface area (Å²) in [6.07, 6.45) is 5.19. The van der Waals surface area contributed by atoms with Gasteiger partial charge in [0.15, 0.2) is 0 Å². The number of rotatable bonds is 6. The summed E-state index contributed by atoms with van der Waals surface area (Å²) in [7, 11) is 0. The van der Waals surface area contributed by atoms with Crippen LogP contribution in [0.15, 0.2) is 55.1 Å². The lowest BCUT2D eigenvalue weighted by Gasteiger charge is -2.13. The SMILES string of the molecule is O=[N+]([O-])c1cnn(CC(O)Cn2ccnc2-c2ccccc2)c1. The van der Waals surface area contributed by atoms with E-state index < -0.39 is 11.0 Å². The first-order valence-corrected chi connectivity index (χ1v) is 7.05. The van der Waals surface area contributed by atoms with Crippen molar-refractivity contribution in [2.75, 3.05) is 0 Å². The fourth-order valence-electron chi connectivity index (χ4n) is 2.35. The van der Waals surface area contributed by atoms with Crippen molar-refractivity contribution in [3.63, 3.8) is 0 Å². The van der Waals surface area contributed by atoms with Crippen LogP contribution in [0, 0.1) is 10.1 Å². The third kappa shape index (κ3) is 3.43. The first-order chi connectivity index (χ1) is 11.1. The molecule has 8 heteroatoms. The second kappa shape index (κ2) is 6.41. The molecule has 1 unspecified atom stereocenters. The molecule has 1 N–H and O–H groups in total. The molecule has 2 heterocycles. The molecular weight excluding hydrogens is 298 g/mol. The smallest absolute Gasteiger partial charge is 0.306 e. The van der Waals surface area contributed by atoms with Crippen molar-refractivity contribution in [1.29, 1.82) is 0 Å². The molecule has 0 fully saturated rings. The molecule has 0 spiro atoms. The Labute approximate surface area is 131 Å². The van der Waals surface area contributed by atoms with Crippen LogP contribution in [0.2, 0.25) is 0 Å². The lowest BCUT2D eigenvalue weighted by molar-refractivity contribution is -0.385. The van der Waals surface area contributed by atoms with Crippen LogP contribution < -0.4 is 0 Å². The third-order valence-corrected chi connectivity index (χ3v) is 3.38. The molecule has 0 bridgehead atoms. The average Bonchev–Trinajstić information content (AvgIpc) is 3.17. The Morgan fingerprint density at radius 1 is 1.26 bits per heavy atom. The van der Waals surface area contributed by atoms with Crippen LogP contribution in [0.3, 0.4) is 0 Å². The molecule has 0 radical (unpaired) electrons. The molecule has 2 aromatic heterocycles. The molecule has 3 aromatic rings. The number of benzene rings is 1. The number of aliphatic hydroxyl groups is 1. The van der Waals surface area contributed by atoms with E-state index in [1.807, 2.05) is 34.9 Å². The van der Waals surface area contributed by atoms with Crippen molar-refractivity contribution in [2.24, 2.45) is 0 Å². The summed E-state index contributed by atoms with van der Waals surface area (Å²) in [5, 5.41) is 24.7. The van der Waals surface area contributed by atoms with Gasteiger partial charge in [-0.15, -0.1) is 0 Å². The second-order valence-corrected chi connectivity index (χ2v) is 5.10. The van der Waals surface area contributed by atoms with Gasteiger partial charge in [-0.05, 0) is 0 Å². The van der Waals surface area contributed by atoms with Crippen molar-refractivity contribution in [2.45, 2.75) is 19.2 Å². The molecule has 1 atom stereocenters. The highest BCUT2D eigenvalue weighted by Crippen LogP contribution is 2.17. The molecule has 0 saturated heterocycles. The van der Waals surface area contributed by atoms with Gasteiger partial charge in [0.05, 0.1) is 24.1 Å². The molecular formula is C15H15N5O3. The monoisotopic (exact) mass is 313 g/mol. The van der Waals surface area contributed by atoms with E-state index in [0.29, 0.717) is 6.54 Å². The lowest BCUT2D eigenvalue weighted by Crippen LogP contribution is -2.22. The van der Waals surface area contributed by atoms with E-state index >= 15 is 0 Å². The van der Waals surface area contributed by atoms with Gasteiger partial charge in [-0.1, -0.05) is 30.3 Å². The Bertz CT molecular complexity index is 796. The minimum Gasteiger partial charge on any atom is -0.389 e. The van der Waals surface area contributed by atoms with Gasteiger partial charge in [0.2, 0.25) is 0 Å². The molecule has 23 heavy (non-hydrogen) atoms. The fourth-order valence-corrected chi connectivity index (χ4v) is 2.35. The maximum absolute atomic E-state index is 10.6. The summed E-state index contributed by atoms with van der Waals surface area (Å²) in [5.41, 5.74) is 0.865. The highest BCUT2D eigenvalue weighted by atomic mass is 16.6. The Kier molecular flexibility index (Phi) is 4.15. The molecule has 0 aliphatic rings. The Morgan fingerprint density at radius 2 is 2.04 bits per heavy atom. The Hall–Kier alpha value is -3.00. The van der Waals surface area contributed by atoms with Gasteiger partial charge in [0, 0.05) is 18.0 Å². The molecule has 118 valence electrons. The number of aromatic nitrogens is 4. The second-order valence-electron chi connectivity index (χ2n) is 5.10. The fraction of sp³-hybridized carbons (Fsp3) is 0.200. The highest BCUT2D eigenvalue weighted by Gasteiger charge is 2.14. The molecule has 3 rings (SSSR count). The van der Waals surface area contributed by atoms with Gasteiger partial charge in [0.25, 0.3) is 0 Å². The number of hydrogen-bond acceptors (Lipinski definition) is 5. The minimum atomic E-state index is -0.744. The van der Waals surface area contributed by atoms with E-state index in [-0.39, 0.29) is 12.2 Å². The standard InChI is InChI=1S/C15H15N5O3/c21-14(11-19-9-13(8-17-19)20(22)23)10-18-7-6-16-15(18)12-4-2-1-3-5-12/h1-9,14,21H,10-11H2. The molecule has 0 aliphatic carbocycles. The summed E-state index contributed by atoms with van der Waals surface area (Å²) < 4.78 is 3.21. The predicted molar refractivity (Wildman–Crippen MR) is 82.6 cm³/mol. The van der Waals surface area contributed by atoms with E-state index in [0.717, 1.165) is 11.4 Å². The van der Waals surface area contributed by atoms with Crippen molar-refractivity contribution < 1.29 is 10.0 Å². The van der Waals surface area contributed by atoms with Crippen LogP contribution in [0.5, 0.6) is 0 Å². The number of aliphatic hydroxyl groups excluding tert-OH is 1. The first kappa shape index (κ1) is 14.9. The van der Waals surface area contributed by atoms with E-state index in [1.54, 1.807) is 12.4 Å². The summed E-state index contributed by atoms with van der Waals surface area (Å²) in [4.78, 5) is 14.4. The van der Waals surface area contributed by atoms with Crippen LogP contribution >= 0.6 is 0 Å². The molecule has 0 amide bonds. The maximum Gasteiger partial charge on any atom is 0.306 e. The Morgan fingerprint density at radius 3 is 2.74 bits per heavy atom. The van der Waals surface area contributed by atoms with Gasteiger partial charge in [-0.2, -0.15) is 5.10 Å².